The van der Waals surface area contributed by atoms with Crippen LogP contribution in [0.5, 0.6) is 0 Å². The molecule has 54 valence electrons. The molecule has 2 nitrogen and oxygen atoms in total. The fourth-order valence-electron chi connectivity index (χ4n) is 0.316. The number of hydrogen-bond acceptors (Lipinski definition) is 1. The van der Waals surface area contributed by atoms with E-state index in [2.05, 4.69) is 12.0 Å². The molecule has 0 spiro atoms. The Labute approximate surface area is 72.2 Å². The van der Waals surface area contributed by atoms with E-state index in [-0.39, 0.29) is 28.5 Å². The van der Waals surface area contributed by atoms with Crippen molar-refractivity contribution in [2.24, 2.45) is 4.99 Å². The Hall–Kier alpha value is 0.0283. The molecule has 0 amide bonds. The number of amidine groups is 1. The van der Waals surface area contributed by atoms with Crippen LogP contribution in [0, 0.1) is 7.05 Å². The Morgan fingerprint density at radius 3 is 2.22 bits per heavy atom. The van der Waals surface area contributed by atoms with E-state index in [9.17, 15) is 0 Å². The Morgan fingerprint density at radius 2 is 2.11 bits per heavy atom. The fourth-order valence-corrected chi connectivity index (χ4v) is 0.316. The first-order valence-electron chi connectivity index (χ1n) is 2.35. The quantitative estimate of drug-likeness (QED) is 0.427. The minimum atomic E-state index is 0. The van der Waals surface area contributed by atoms with Gasteiger partial charge < -0.3 is 10.7 Å². The summed E-state index contributed by atoms with van der Waals surface area (Å²) in [6.45, 7) is 2.01. The fraction of sp³-hybridized carbons (Fsp3) is 0.667. The van der Waals surface area contributed by atoms with Crippen LogP contribution in [0.2, 0.25) is 0 Å². The summed E-state index contributed by atoms with van der Waals surface area (Å²) in [5.74, 6) is 0.391. The molecule has 0 aliphatic rings. The van der Waals surface area contributed by atoms with Gasteiger partial charge in [0, 0.05) is 0 Å². The largest absolute Gasteiger partial charge is 2.00 e. The number of nitrogens with zero attached hydrogens (tertiary/aromatic N) is 1. The summed E-state index contributed by atoms with van der Waals surface area (Å²) in [5, 5.41) is 0. The smallest absolute Gasteiger partial charge is 0.638 e. The third-order valence-electron chi connectivity index (χ3n) is 0.678. The van der Waals surface area contributed by atoms with Gasteiger partial charge in [-0.25, -0.2) is 0 Å². The molecule has 0 atom stereocenters. The SMILES string of the molecule is C.[CH2-]N=C([NH-])CCC.[W+2]. The molecule has 0 aromatic heterocycles. The molecule has 3 heteroatoms. The Kier molecular flexibility index (Phi) is 19.4. The van der Waals surface area contributed by atoms with E-state index in [1.807, 2.05) is 6.92 Å². The van der Waals surface area contributed by atoms with Crippen LogP contribution in [0.3, 0.4) is 0 Å². The van der Waals surface area contributed by atoms with Crippen LogP contribution in [0.15, 0.2) is 4.99 Å². The molecule has 0 saturated heterocycles. The van der Waals surface area contributed by atoms with Crippen molar-refractivity contribution in [2.75, 3.05) is 0 Å². The molecule has 0 radical (unpaired) electrons. The van der Waals surface area contributed by atoms with Crippen LogP contribution in [0.25, 0.3) is 5.73 Å². The normalized spacial score (nSPS) is 9.22. The van der Waals surface area contributed by atoms with Crippen LogP contribution in [-0.4, -0.2) is 5.84 Å². The summed E-state index contributed by atoms with van der Waals surface area (Å²) in [6.07, 6.45) is 1.74. The minimum Gasteiger partial charge on any atom is -0.638 e. The number of hydrogen-bond donors (Lipinski definition) is 0. The van der Waals surface area contributed by atoms with Gasteiger partial charge in [-0.3, -0.25) is 12.9 Å². The topological polar surface area (TPSA) is 36.2 Å². The van der Waals surface area contributed by atoms with Gasteiger partial charge in [0.05, 0.1) is 0 Å². The van der Waals surface area contributed by atoms with Gasteiger partial charge in [0.25, 0.3) is 0 Å². The van der Waals surface area contributed by atoms with Crippen molar-refractivity contribution in [1.29, 1.82) is 0 Å². The Balaban J connectivity index is -0.000000180. The van der Waals surface area contributed by atoms with E-state index in [0.29, 0.717) is 5.84 Å². The molecule has 1 N–H and O–H groups in total. The monoisotopic (exact) mass is 298 g/mol. The maximum Gasteiger partial charge on any atom is 2.00 e. The molecular formula is C6H14N2W. The Bertz CT molecular complexity index is 71.5. The Morgan fingerprint density at radius 1 is 1.67 bits per heavy atom. The van der Waals surface area contributed by atoms with Gasteiger partial charge in [0.15, 0.2) is 0 Å². The van der Waals surface area contributed by atoms with Crippen LogP contribution >= 0.6 is 0 Å². The molecule has 0 aromatic carbocycles. The van der Waals surface area contributed by atoms with Gasteiger partial charge in [0.1, 0.15) is 0 Å². The molecule has 9 heavy (non-hydrogen) atoms. The molecule has 0 aliphatic carbocycles. The second kappa shape index (κ2) is 10.9. The zero-order chi connectivity index (χ0) is 5.70. The molecule has 0 heterocycles. The molecule has 0 rings (SSSR count). The van der Waals surface area contributed by atoms with E-state index in [1.54, 1.807) is 0 Å². The third-order valence-corrected chi connectivity index (χ3v) is 0.678. The van der Waals surface area contributed by atoms with E-state index in [4.69, 9.17) is 5.73 Å². The zero-order valence-electron chi connectivity index (χ0n) is 4.98. The summed E-state index contributed by atoms with van der Waals surface area (Å²) in [4.78, 5) is 3.41. The van der Waals surface area contributed by atoms with Gasteiger partial charge in [-0.2, -0.15) is 0 Å². The van der Waals surface area contributed by atoms with Crippen molar-refractivity contribution in [1.82, 2.24) is 0 Å². The number of nitrogens with one attached hydrogen (secondary N) is 1. The summed E-state index contributed by atoms with van der Waals surface area (Å²) >= 11 is 0. The van der Waals surface area contributed by atoms with Crippen LogP contribution in [0.1, 0.15) is 27.2 Å². The first-order chi connectivity index (χ1) is 3.31. The number of aliphatic imine (C=N–C) groups is 1. The molecule has 0 saturated carbocycles. The molecule has 0 unspecified atom stereocenters. The minimum absolute atomic E-state index is 0. The first-order valence-corrected chi connectivity index (χ1v) is 2.35. The standard InChI is InChI=1S/C5H10N2.CH4.W/c1-3-4-5(6)7-2;;/h2-4H2,1H3,(H-,6,7);1H4;/q-2;;+2. The average molecular weight is 298 g/mol. The van der Waals surface area contributed by atoms with Crippen LogP contribution < -0.4 is 0 Å². The van der Waals surface area contributed by atoms with E-state index < -0.39 is 0 Å². The second-order valence-corrected chi connectivity index (χ2v) is 1.35. The van der Waals surface area contributed by atoms with Crippen molar-refractivity contribution in [3.63, 3.8) is 0 Å². The second-order valence-electron chi connectivity index (χ2n) is 1.35. The van der Waals surface area contributed by atoms with E-state index in [1.165, 1.54) is 0 Å². The average Bonchev–Trinajstić information content (AvgIpc) is 1.68. The van der Waals surface area contributed by atoms with Crippen LogP contribution in [-0.2, 0) is 21.1 Å². The predicted octanol–water partition coefficient (Wildman–Crippen LogP) is 2.66. The maximum atomic E-state index is 6.91. The maximum absolute atomic E-state index is 6.91. The van der Waals surface area contributed by atoms with Gasteiger partial charge in [-0.15, -0.1) is 6.42 Å². The number of rotatable bonds is 2. The van der Waals surface area contributed by atoms with Crippen molar-refractivity contribution in [3.05, 3.63) is 12.8 Å². The summed E-state index contributed by atoms with van der Waals surface area (Å²) in [5.41, 5.74) is 6.91. The molecule has 0 aromatic rings. The summed E-state index contributed by atoms with van der Waals surface area (Å²) in [7, 11) is 3.20. The molecule has 0 bridgehead atoms. The first kappa shape index (κ1) is 16.0. The van der Waals surface area contributed by atoms with Gasteiger partial charge in [-0.1, -0.05) is 20.8 Å². The van der Waals surface area contributed by atoms with Crippen molar-refractivity contribution < 1.29 is 21.1 Å². The van der Waals surface area contributed by atoms with E-state index >= 15 is 0 Å². The van der Waals surface area contributed by atoms with Gasteiger partial charge in [-0.05, 0) is 0 Å². The molecule has 0 fully saturated rings. The summed E-state index contributed by atoms with van der Waals surface area (Å²) in [6, 6.07) is 0. The van der Waals surface area contributed by atoms with Gasteiger partial charge >= 0.3 is 21.1 Å². The molecule has 0 aliphatic heterocycles. The van der Waals surface area contributed by atoms with Crippen LogP contribution in [0.4, 0.5) is 0 Å². The van der Waals surface area contributed by atoms with Crippen molar-refractivity contribution >= 4 is 5.84 Å². The van der Waals surface area contributed by atoms with Gasteiger partial charge in [0.2, 0.25) is 0 Å². The van der Waals surface area contributed by atoms with Crippen molar-refractivity contribution in [3.8, 4) is 0 Å². The van der Waals surface area contributed by atoms with E-state index in [0.717, 1.165) is 12.8 Å². The zero-order valence-corrected chi connectivity index (χ0v) is 7.91. The molecular weight excluding hydrogens is 284 g/mol. The summed E-state index contributed by atoms with van der Waals surface area (Å²) < 4.78 is 0. The van der Waals surface area contributed by atoms with Crippen molar-refractivity contribution in [2.45, 2.75) is 27.2 Å². The predicted molar refractivity (Wildman–Crippen MR) is 38.8 cm³/mol. The third kappa shape index (κ3) is 11.5.